The van der Waals surface area contributed by atoms with Gasteiger partial charge in [-0.25, -0.2) is 4.98 Å². The molecule has 0 bridgehead atoms. The minimum Gasteiger partial charge on any atom is -0.348 e. The number of nitrogens with zero attached hydrogens (tertiary/aromatic N) is 4. The summed E-state index contributed by atoms with van der Waals surface area (Å²) in [5, 5.41) is 11.8. The molecule has 0 radical (unpaired) electrons. The fourth-order valence-corrected chi connectivity index (χ4v) is 3.41. The molecule has 0 saturated carbocycles. The van der Waals surface area contributed by atoms with E-state index in [1.54, 1.807) is 41.4 Å². The second-order valence-electron chi connectivity index (χ2n) is 7.16. The predicted octanol–water partition coefficient (Wildman–Crippen LogP) is 2.42. The molecule has 8 nitrogen and oxygen atoms in total. The van der Waals surface area contributed by atoms with Crippen molar-refractivity contribution < 1.29 is 4.79 Å². The number of carbonyl (C=O) groups is 1. The van der Waals surface area contributed by atoms with Gasteiger partial charge in [0.1, 0.15) is 16.8 Å². The second kappa shape index (κ2) is 7.90. The van der Waals surface area contributed by atoms with Crippen molar-refractivity contribution in [1.82, 2.24) is 24.3 Å². The standard InChI is InChI=1S/C22H22N6O2/c1-3-14(2)28-19(23)16(21(29)25-13-15-7-6-9-24-12-15)11-17-20(28)26-18-8-4-5-10-27(18)22(17)30/h4-12,14,23H,3,13H2,1-2H3,(H,25,29)/t14-/m1/s1. The van der Waals surface area contributed by atoms with E-state index in [1.807, 2.05) is 26.0 Å². The Bertz CT molecular complexity index is 1360. The summed E-state index contributed by atoms with van der Waals surface area (Å²) in [6.45, 7) is 4.22. The molecule has 0 unspecified atom stereocenters. The molecule has 30 heavy (non-hydrogen) atoms. The van der Waals surface area contributed by atoms with Crippen LogP contribution in [0.5, 0.6) is 0 Å². The third-order valence-electron chi connectivity index (χ3n) is 5.21. The van der Waals surface area contributed by atoms with Gasteiger partial charge in [0, 0.05) is 31.2 Å². The fourth-order valence-electron chi connectivity index (χ4n) is 3.41. The lowest BCUT2D eigenvalue weighted by Gasteiger charge is -2.19. The normalized spacial score (nSPS) is 12.2. The first-order valence-electron chi connectivity index (χ1n) is 9.79. The summed E-state index contributed by atoms with van der Waals surface area (Å²) in [6.07, 6.45) is 5.71. The van der Waals surface area contributed by atoms with E-state index in [0.717, 1.165) is 12.0 Å². The van der Waals surface area contributed by atoms with Gasteiger partial charge in [-0.1, -0.05) is 19.1 Å². The monoisotopic (exact) mass is 402 g/mol. The zero-order valence-corrected chi connectivity index (χ0v) is 16.8. The molecule has 1 amide bonds. The number of nitrogens with one attached hydrogen (secondary N) is 2. The number of hydrogen-bond donors (Lipinski definition) is 2. The van der Waals surface area contributed by atoms with Crippen LogP contribution in [0.4, 0.5) is 0 Å². The first-order chi connectivity index (χ1) is 14.5. The zero-order chi connectivity index (χ0) is 21.3. The summed E-state index contributed by atoms with van der Waals surface area (Å²) >= 11 is 0. The van der Waals surface area contributed by atoms with E-state index in [1.165, 1.54) is 10.5 Å². The Hall–Kier alpha value is -3.81. The number of rotatable bonds is 5. The van der Waals surface area contributed by atoms with Crippen molar-refractivity contribution >= 4 is 22.6 Å². The summed E-state index contributed by atoms with van der Waals surface area (Å²) in [7, 11) is 0. The van der Waals surface area contributed by atoms with Crippen LogP contribution < -0.4 is 16.4 Å². The Kier molecular flexibility index (Phi) is 5.14. The summed E-state index contributed by atoms with van der Waals surface area (Å²) in [5.74, 6) is -0.416. The Morgan fingerprint density at radius 1 is 1.27 bits per heavy atom. The molecule has 4 heterocycles. The molecule has 0 saturated heterocycles. The van der Waals surface area contributed by atoms with Crippen molar-refractivity contribution in [3.63, 3.8) is 0 Å². The van der Waals surface area contributed by atoms with Gasteiger partial charge in [-0.3, -0.25) is 24.4 Å². The van der Waals surface area contributed by atoms with Crippen molar-refractivity contribution in [3.8, 4) is 0 Å². The Labute approximate surface area is 172 Å². The average Bonchev–Trinajstić information content (AvgIpc) is 2.77. The zero-order valence-electron chi connectivity index (χ0n) is 16.8. The molecule has 4 aromatic rings. The largest absolute Gasteiger partial charge is 0.348 e. The van der Waals surface area contributed by atoms with Gasteiger partial charge in [0.2, 0.25) is 0 Å². The van der Waals surface area contributed by atoms with E-state index < -0.39 is 5.91 Å². The highest BCUT2D eigenvalue weighted by molar-refractivity contribution is 5.96. The average molecular weight is 402 g/mol. The highest BCUT2D eigenvalue weighted by Gasteiger charge is 2.19. The van der Waals surface area contributed by atoms with E-state index in [2.05, 4.69) is 15.3 Å². The molecule has 0 fully saturated rings. The lowest BCUT2D eigenvalue weighted by Crippen LogP contribution is -2.35. The minimum absolute atomic E-state index is 0.0349. The van der Waals surface area contributed by atoms with Crippen LogP contribution in [0.1, 0.15) is 42.2 Å². The molecular weight excluding hydrogens is 380 g/mol. The van der Waals surface area contributed by atoms with Crippen molar-refractivity contribution in [1.29, 1.82) is 5.41 Å². The van der Waals surface area contributed by atoms with Crippen LogP contribution >= 0.6 is 0 Å². The number of aromatic nitrogens is 4. The molecular formula is C22H22N6O2. The molecule has 8 heteroatoms. The van der Waals surface area contributed by atoms with E-state index in [-0.39, 0.29) is 29.2 Å². The van der Waals surface area contributed by atoms with Crippen molar-refractivity contribution in [2.75, 3.05) is 0 Å². The second-order valence-corrected chi connectivity index (χ2v) is 7.16. The van der Waals surface area contributed by atoms with Crippen molar-refractivity contribution in [2.45, 2.75) is 32.9 Å². The topological polar surface area (TPSA) is 105 Å². The van der Waals surface area contributed by atoms with Crippen LogP contribution in [0.25, 0.3) is 16.7 Å². The third kappa shape index (κ3) is 3.36. The summed E-state index contributed by atoms with van der Waals surface area (Å²) in [4.78, 5) is 34.7. The summed E-state index contributed by atoms with van der Waals surface area (Å²) in [6, 6.07) is 10.3. The molecule has 1 atom stereocenters. The summed E-state index contributed by atoms with van der Waals surface area (Å²) in [5.41, 5.74) is 1.67. The van der Waals surface area contributed by atoms with Crippen LogP contribution in [-0.2, 0) is 6.54 Å². The van der Waals surface area contributed by atoms with Gasteiger partial charge in [0.15, 0.2) is 0 Å². The lowest BCUT2D eigenvalue weighted by molar-refractivity contribution is 0.0948. The molecule has 0 aliphatic rings. The van der Waals surface area contributed by atoms with Crippen LogP contribution in [0.2, 0.25) is 0 Å². The Balaban J connectivity index is 1.89. The van der Waals surface area contributed by atoms with Crippen molar-refractivity contribution in [3.05, 3.63) is 82.0 Å². The Morgan fingerprint density at radius 3 is 2.83 bits per heavy atom. The highest BCUT2D eigenvalue weighted by atomic mass is 16.1. The quantitative estimate of drug-likeness (QED) is 0.500. The van der Waals surface area contributed by atoms with Gasteiger partial charge >= 0.3 is 0 Å². The smallest absolute Gasteiger partial charge is 0.267 e. The third-order valence-corrected chi connectivity index (χ3v) is 5.21. The number of amides is 1. The molecule has 0 aromatic carbocycles. The minimum atomic E-state index is -0.416. The fraction of sp³-hybridized carbons (Fsp3) is 0.227. The number of carbonyl (C=O) groups excluding carboxylic acids is 1. The van der Waals surface area contributed by atoms with E-state index in [0.29, 0.717) is 16.7 Å². The predicted molar refractivity (Wildman–Crippen MR) is 113 cm³/mol. The maximum absolute atomic E-state index is 13.1. The van der Waals surface area contributed by atoms with Gasteiger partial charge < -0.3 is 9.88 Å². The molecule has 2 N–H and O–H groups in total. The van der Waals surface area contributed by atoms with Gasteiger partial charge in [0.25, 0.3) is 11.5 Å². The molecule has 0 aliphatic heterocycles. The molecule has 0 aliphatic carbocycles. The van der Waals surface area contributed by atoms with Gasteiger partial charge in [-0.2, -0.15) is 0 Å². The first kappa shape index (κ1) is 19.5. The van der Waals surface area contributed by atoms with E-state index in [9.17, 15) is 9.59 Å². The molecule has 152 valence electrons. The lowest BCUT2D eigenvalue weighted by atomic mass is 10.1. The number of hydrogen-bond acceptors (Lipinski definition) is 5. The van der Waals surface area contributed by atoms with Crippen LogP contribution in [0.15, 0.2) is 59.8 Å². The molecule has 4 aromatic heterocycles. The van der Waals surface area contributed by atoms with E-state index in [4.69, 9.17) is 5.41 Å². The van der Waals surface area contributed by atoms with Crippen LogP contribution in [0, 0.1) is 5.41 Å². The van der Waals surface area contributed by atoms with Gasteiger partial charge in [-0.15, -0.1) is 0 Å². The SMILES string of the molecule is CC[C@@H](C)n1c(=N)c(C(=O)NCc2cccnc2)cc2c(=O)n3ccccc3nc21. The number of fused-ring (bicyclic) bond motifs is 2. The molecule has 4 rings (SSSR count). The van der Waals surface area contributed by atoms with Crippen LogP contribution in [0.3, 0.4) is 0 Å². The summed E-state index contributed by atoms with van der Waals surface area (Å²) < 4.78 is 3.12. The van der Waals surface area contributed by atoms with Gasteiger partial charge in [-0.05, 0) is 43.2 Å². The van der Waals surface area contributed by atoms with Gasteiger partial charge in [0.05, 0.1) is 10.9 Å². The highest BCUT2D eigenvalue weighted by Crippen LogP contribution is 2.16. The first-order valence-corrected chi connectivity index (χ1v) is 9.79. The van der Waals surface area contributed by atoms with Crippen molar-refractivity contribution in [2.24, 2.45) is 0 Å². The van der Waals surface area contributed by atoms with E-state index >= 15 is 0 Å². The maximum atomic E-state index is 13.1. The number of pyridine rings is 3. The molecule has 0 spiro atoms. The Morgan fingerprint density at radius 2 is 2.10 bits per heavy atom. The maximum Gasteiger partial charge on any atom is 0.267 e. The van der Waals surface area contributed by atoms with Crippen LogP contribution in [-0.4, -0.2) is 24.8 Å².